The van der Waals surface area contributed by atoms with Crippen LogP contribution >= 0.6 is 0 Å². The molecule has 0 spiro atoms. The second kappa shape index (κ2) is 6.38. The topological polar surface area (TPSA) is 54.2 Å². The molecule has 3 N–H and O–H groups in total. The van der Waals surface area contributed by atoms with Crippen molar-refractivity contribution in [3.8, 4) is 0 Å². The molecule has 0 bridgehead atoms. The minimum absolute atomic E-state index is 1.01. The Hall–Kier alpha value is -1.81. The van der Waals surface area contributed by atoms with Crippen molar-refractivity contribution in [1.29, 1.82) is 0 Å². The average molecular weight is 258 g/mol. The van der Waals surface area contributed by atoms with E-state index in [4.69, 9.17) is 5.73 Å². The van der Waals surface area contributed by atoms with Crippen LogP contribution in [0.3, 0.4) is 0 Å². The second-order valence-electron chi connectivity index (χ2n) is 4.99. The molecular formula is C15H22N4. The first-order chi connectivity index (χ1) is 9.20. The third-order valence-electron chi connectivity index (χ3n) is 3.15. The first kappa shape index (κ1) is 13.6. The van der Waals surface area contributed by atoms with Crippen LogP contribution < -0.4 is 16.0 Å². The fraction of sp³-hybridized carbons (Fsp3) is 0.400. The van der Waals surface area contributed by atoms with E-state index in [0.717, 1.165) is 43.1 Å². The van der Waals surface area contributed by atoms with Gasteiger partial charge in [0.2, 0.25) is 0 Å². The molecule has 2 rings (SSSR count). The lowest BCUT2D eigenvalue weighted by molar-refractivity contribution is 0.585. The maximum Gasteiger partial charge on any atom is 0.128 e. The van der Waals surface area contributed by atoms with Crippen LogP contribution in [0.4, 0.5) is 5.82 Å². The van der Waals surface area contributed by atoms with E-state index in [2.05, 4.69) is 47.3 Å². The first-order valence-electron chi connectivity index (χ1n) is 6.69. The van der Waals surface area contributed by atoms with E-state index in [1.807, 2.05) is 6.20 Å². The van der Waals surface area contributed by atoms with Gasteiger partial charge in [-0.05, 0) is 31.6 Å². The van der Waals surface area contributed by atoms with Crippen LogP contribution in [0.25, 0.3) is 5.57 Å². The minimum atomic E-state index is 1.01. The van der Waals surface area contributed by atoms with Crippen molar-refractivity contribution in [2.45, 2.75) is 13.8 Å². The molecule has 1 aliphatic rings. The predicted octanol–water partition coefficient (Wildman–Crippen LogP) is 1.76. The summed E-state index contributed by atoms with van der Waals surface area (Å²) in [6.45, 7) is 8.20. The Balaban J connectivity index is 2.15. The molecule has 1 aromatic heterocycles. The van der Waals surface area contributed by atoms with Gasteiger partial charge in [-0.1, -0.05) is 11.6 Å². The van der Waals surface area contributed by atoms with Gasteiger partial charge in [0.1, 0.15) is 5.82 Å². The minimum Gasteiger partial charge on any atom is -0.404 e. The molecule has 0 amide bonds. The molecule has 0 radical (unpaired) electrons. The number of pyridine rings is 1. The van der Waals surface area contributed by atoms with Gasteiger partial charge in [-0.15, -0.1) is 0 Å². The van der Waals surface area contributed by atoms with E-state index in [9.17, 15) is 0 Å². The smallest absolute Gasteiger partial charge is 0.128 e. The zero-order valence-electron chi connectivity index (χ0n) is 11.7. The van der Waals surface area contributed by atoms with Crippen molar-refractivity contribution in [2.24, 2.45) is 5.73 Å². The molecule has 0 saturated carbocycles. The van der Waals surface area contributed by atoms with Gasteiger partial charge in [-0.3, -0.25) is 0 Å². The Morgan fingerprint density at radius 3 is 2.58 bits per heavy atom. The van der Waals surface area contributed by atoms with Crippen LogP contribution in [0.5, 0.6) is 0 Å². The zero-order chi connectivity index (χ0) is 13.7. The van der Waals surface area contributed by atoms with Crippen LogP contribution in [0, 0.1) is 0 Å². The van der Waals surface area contributed by atoms with Gasteiger partial charge >= 0.3 is 0 Å². The number of aromatic nitrogens is 1. The summed E-state index contributed by atoms with van der Waals surface area (Å²) < 4.78 is 0. The SMILES string of the molecule is CC(C)=C/C(=C\N)c1ccc(N2CCNCC2)nc1. The molecule has 0 aliphatic carbocycles. The Morgan fingerprint density at radius 1 is 1.32 bits per heavy atom. The molecule has 0 unspecified atom stereocenters. The van der Waals surface area contributed by atoms with Gasteiger partial charge in [0.05, 0.1) is 0 Å². The van der Waals surface area contributed by atoms with E-state index in [-0.39, 0.29) is 0 Å². The molecule has 2 heterocycles. The summed E-state index contributed by atoms with van der Waals surface area (Å²) in [6, 6.07) is 4.16. The quantitative estimate of drug-likeness (QED) is 0.811. The summed E-state index contributed by atoms with van der Waals surface area (Å²) in [5, 5.41) is 3.34. The molecule has 0 aromatic carbocycles. The number of nitrogens with two attached hydrogens (primary N) is 1. The van der Waals surface area contributed by atoms with Crippen LogP contribution in [0.15, 0.2) is 36.2 Å². The van der Waals surface area contributed by atoms with Gasteiger partial charge in [-0.2, -0.15) is 0 Å². The molecule has 0 atom stereocenters. The molecule has 1 saturated heterocycles. The average Bonchev–Trinajstić information content (AvgIpc) is 2.46. The zero-order valence-corrected chi connectivity index (χ0v) is 11.7. The monoisotopic (exact) mass is 258 g/mol. The fourth-order valence-electron chi connectivity index (χ4n) is 2.18. The van der Waals surface area contributed by atoms with Gasteiger partial charge < -0.3 is 16.0 Å². The number of hydrogen-bond acceptors (Lipinski definition) is 4. The first-order valence-corrected chi connectivity index (χ1v) is 6.69. The van der Waals surface area contributed by atoms with Gasteiger partial charge in [0.15, 0.2) is 0 Å². The van der Waals surface area contributed by atoms with Crippen LogP contribution in [-0.4, -0.2) is 31.2 Å². The fourth-order valence-corrected chi connectivity index (χ4v) is 2.18. The lowest BCUT2D eigenvalue weighted by atomic mass is 10.1. The molecule has 4 nitrogen and oxygen atoms in total. The highest BCUT2D eigenvalue weighted by Crippen LogP contribution is 2.19. The summed E-state index contributed by atoms with van der Waals surface area (Å²) in [4.78, 5) is 6.85. The van der Waals surface area contributed by atoms with E-state index >= 15 is 0 Å². The molecule has 19 heavy (non-hydrogen) atoms. The molecule has 1 aromatic rings. The van der Waals surface area contributed by atoms with E-state index in [1.54, 1.807) is 6.20 Å². The predicted molar refractivity (Wildman–Crippen MR) is 80.9 cm³/mol. The third-order valence-corrected chi connectivity index (χ3v) is 3.15. The van der Waals surface area contributed by atoms with Crippen molar-refractivity contribution in [3.05, 3.63) is 41.7 Å². The summed E-state index contributed by atoms with van der Waals surface area (Å²) >= 11 is 0. The molecule has 4 heteroatoms. The van der Waals surface area contributed by atoms with Gasteiger partial charge in [0, 0.05) is 44.1 Å². The molecule has 102 valence electrons. The Labute approximate surface area is 115 Å². The number of nitrogens with one attached hydrogen (secondary N) is 1. The second-order valence-corrected chi connectivity index (χ2v) is 4.99. The van der Waals surface area contributed by atoms with Gasteiger partial charge in [0.25, 0.3) is 0 Å². The highest BCUT2D eigenvalue weighted by molar-refractivity contribution is 5.74. The van der Waals surface area contributed by atoms with E-state index in [0.29, 0.717) is 0 Å². The largest absolute Gasteiger partial charge is 0.404 e. The highest BCUT2D eigenvalue weighted by Gasteiger charge is 2.11. The Kier molecular flexibility index (Phi) is 4.58. The van der Waals surface area contributed by atoms with Crippen molar-refractivity contribution in [2.75, 3.05) is 31.1 Å². The Bertz CT molecular complexity index is 463. The van der Waals surface area contributed by atoms with Crippen molar-refractivity contribution in [1.82, 2.24) is 10.3 Å². The van der Waals surface area contributed by atoms with Crippen molar-refractivity contribution < 1.29 is 0 Å². The summed E-state index contributed by atoms with van der Waals surface area (Å²) in [6.07, 6.45) is 5.60. The molecule has 1 aliphatic heterocycles. The summed E-state index contributed by atoms with van der Waals surface area (Å²) in [5.74, 6) is 1.04. The normalized spacial score (nSPS) is 16.3. The number of anilines is 1. The molecular weight excluding hydrogens is 236 g/mol. The van der Waals surface area contributed by atoms with Crippen molar-refractivity contribution in [3.63, 3.8) is 0 Å². The summed E-state index contributed by atoms with van der Waals surface area (Å²) in [5.41, 5.74) is 8.98. The number of hydrogen-bond donors (Lipinski definition) is 2. The highest BCUT2D eigenvalue weighted by atomic mass is 15.2. The van der Waals surface area contributed by atoms with Gasteiger partial charge in [-0.25, -0.2) is 4.98 Å². The number of nitrogens with zero attached hydrogens (tertiary/aromatic N) is 2. The van der Waals surface area contributed by atoms with Crippen LogP contribution in [-0.2, 0) is 0 Å². The third kappa shape index (κ3) is 3.58. The van der Waals surface area contributed by atoms with Crippen LogP contribution in [0.1, 0.15) is 19.4 Å². The lowest BCUT2D eigenvalue weighted by Gasteiger charge is -2.28. The standard InChI is InChI=1S/C15H22N4/c1-12(2)9-14(10-16)13-3-4-15(18-11-13)19-7-5-17-6-8-19/h3-4,9-11,17H,5-8,16H2,1-2H3/b14-10+. The van der Waals surface area contributed by atoms with E-state index < -0.39 is 0 Å². The number of rotatable bonds is 3. The maximum atomic E-state index is 5.68. The maximum absolute atomic E-state index is 5.68. The van der Waals surface area contributed by atoms with E-state index in [1.165, 1.54) is 5.57 Å². The molecule has 1 fully saturated rings. The Morgan fingerprint density at radius 2 is 2.05 bits per heavy atom. The van der Waals surface area contributed by atoms with Crippen molar-refractivity contribution >= 4 is 11.4 Å². The number of allylic oxidation sites excluding steroid dienone is 3. The van der Waals surface area contributed by atoms with Crippen LogP contribution in [0.2, 0.25) is 0 Å². The summed E-state index contributed by atoms with van der Waals surface area (Å²) in [7, 11) is 0. The number of piperazine rings is 1. The lowest BCUT2D eigenvalue weighted by Crippen LogP contribution is -2.43.